The average molecular weight is 320 g/mol. The topological polar surface area (TPSA) is 89.0 Å². The molecule has 0 saturated heterocycles. The first kappa shape index (κ1) is 16.1. The molecule has 0 bridgehead atoms. The summed E-state index contributed by atoms with van der Waals surface area (Å²) in [7, 11) is 2.33. The van der Waals surface area contributed by atoms with Crippen molar-refractivity contribution in [2.75, 3.05) is 14.2 Å². The van der Waals surface area contributed by atoms with Gasteiger partial charge in [0.2, 0.25) is 5.96 Å². The molecule has 1 aromatic rings. The minimum atomic E-state index is -0.815. The van der Waals surface area contributed by atoms with E-state index in [1.807, 2.05) is 0 Å². The van der Waals surface area contributed by atoms with Crippen LogP contribution in [0.25, 0.3) is 0 Å². The Labute approximate surface area is 124 Å². The lowest BCUT2D eigenvalue weighted by Gasteiger charge is -2.09. The molecular weight excluding hydrogens is 309 g/mol. The van der Waals surface area contributed by atoms with Gasteiger partial charge >= 0.3 is 12.2 Å². The number of benzene rings is 1. The fourth-order valence-corrected chi connectivity index (χ4v) is 1.53. The monoisotopic (exact) mass is 319 g/mol. The van der Waals surface area contributed by atoms with Crippen molar-refractivity contribution in [3.63, 3.8) is 0 Å². The molecule has 2 N–H and O–H groups in total. The maximum atomic E-state index is 11.2. The highest BCUT2D eigenvalue weighted by atomic mass is 35.5. The number of carbonyl (C=O) groups excluding carboxylic acids is 2. The third kappa shape index (κ3) is 4.94. The summed E-state index contributed by atoms with van der Waals surface area (Å²) in [6.45, 7) is 0. The molecule has 0 fully saturated rings. The van der Waals surface area contributed by atoms with E-state index in [-0.39, 0.29) is 11.0 Å². The van der Waals surface area contributed by atoms with Crippen molar-refractivity contribution in [1.29, 1.82) is 0 Å². The lowest BCUT2D eigenvalue weighted by Crippen LogP contribution is -2.43. The fraction of sp³-hybridized carbons (Fsp3) is 0.182. The molecular formula is C11H11Cl2N3O4. The Morgan fingerprint density at radius 2 is 1.65 bits per heavy atom. The van der Waals surface area contributed by atoms with Gasteiger partial charge in [-0.2, -0.15) is 0 Å². The predicted octanol–water partition coefficient (Wildman–Crippen LogP) is 2.69. The van der Waals surface area contributed by atoms with Crippen LogP contribution in [-0.2, 0) is 9.47 Å². The van der Waals surface area contributed by atoms with Gasteiger partial charge < -0.3 is 9.47 Å². The summed E-state index contributed by atoms with van der Waals surface area (Å²) >= 11 is 11.7. The summed E-state index contributed by atoms with van der Waals surface area (Å²) in [4.78, 5) is 26.3. The van der Waals surface area contributed by atoms with Gasteiger partial charge in [0.1, 0.15) is 0 Å². The summed E-state index contributed by atoms with van der Waals surface area (Å²) in [5.41, 5.74) is 0.291. The molecule has 108 valence electrons. The predicted molar refractivity (Wildman–Crippen MR) is 74.6 cm³/mol. The van der Waals surface area contributed by atoms with E-state index in [9.17, 15) is 9.59 Å². The van der Waals surface area contributed by atoms with Crippen LogP contribution in [0.1, 0.15) is 0 Å². The minimum absolute atomic E-state index is 0.201. The van der Waals surface area contributed by atoms with Gasteiger partial charge in [-0.25, -0.2) is 14.6 Å². The molecule has 1 aromatic carbocycles. The SMILES string of the molecule is COC(=O)NC(=Nc1ccc(Cl)cc1Cl)NC(=O)OC. The summed E-state index contributed by atoms with van der Waals surface area (Å²) < 4.78 is 8.81. The van der Waals surface area contributed by atoms with Crippen molar-refractivity contribution in [3.8, 4) is 0 Å². The highest BCUT2D eigenvalue weighted by Crippen LogP contribution is 2.27. The third-order valence-corrected chi connectivity index (χ3v) is 2.49. The number of nitrogens with zero attached hydrogens (tertiary/aromatic N) is 1. The molecule has 0 unspecified atom stereocenters. The van der Waals surface area contributed by atoms with E-state index in [1.165, 1.54) is 26.4 Å². The largest absolute Gasteiger partial charge is 0.453 e. The zero-order valence-electron chi connectivity index (χ0n) is 10.6. The molecule has 0 aliphatic carbocycles. The first-order valence-electron chi connectivity index (χ1n) is 5.20. The number of hydrogen-bond donors (Lipinski definition) is 2. The number of carbonyl (C=O) groups is 2. The van der Waals surface area contributed by atoms with Crippen molar-refractivity contribution in [2.24, 2.45) is 4.99 Å². The summed E-state index contributed by atoms with van der Waals surface area (Å²) in [5, 5.41) is 5.09. The Bertz CT molecular complexity index is 528. The zero-order valence-corrected chi connectivity index (χ0v) is 12.1. The number of halogens is 2. The fourth-order valence-electron chi connectivity index (χ4n) is 1.07. The van der Waals surface area contributed by atoms with Crippen molar-refractivity contribution in [3.05, 3.63) is 28.2 Å². The third-order valence-electron chi connectivity index (χ3n) is 1.95. The first-order valence-corrected chi connectivity index (χ1v) is 5.95. The molecule has 0 radical (unpaired) electrons. The molecule has 1 rings (SSSR count). The van der Waals surface area contributed by atoms with Crippen molar-refractivity contribution in [2.45, 2.75) is 0 Å². The lowest BCUT2D eigenvalue weighted by atomic mass is 10.3. The van der Waals surface area contributed by atoms with E-state index in [4.69, 9.17) is 23.2 Å². The second kappa shape index (κ2) is 7.56. The average Bonchev–Trinajstić information content (AvgIpc) is 2.41. The lowest BCUT2D eigenvalue weighted by molar-refractivity contribution is 0.173. The van der Waals surface area contributed by atoms with E-state index >= 15 is 0 Å². The maximum absolute atomic E-state index is 11.2. The first-order chi connectivity index (χ1) is 9.46. The quantitative estimate of drug-likeness (QED) is 0.615. The van der Waals surface area contributed by atoms with E-state index in [2.05, 4.69) is 25.1 Å². The molecule has 0 aromatic heterocycles. The highest BCUT2D eigenvalue weighted by Gasteiger charge is 2.11. The summed E-state index contributed by atoms with van der Waals surface area (Å²) in [6, 6.07) is 4.54. The molecule has 0 aliphatic heterocycles. The number of guanidine groups is 1. The number of amides is 2. The van der Waals surface area contributed by atoms with E-state index in [0.29, 0.717) is 10.7 Å². The zero-order chi connectivity index (χ0) is 15.1. The summed E-state index contributed by atoms with van der Waals surface area (Å²) in [5.74, 6) is -0.201. The van der Waals surface area contributed by atoms with Crippen LogP contribution in [-0.4, -0.2) is 32.4 Å². The maximum Gasteiger partial charge on any atom is 0.413 e. The van der Waals surface area contributed by atoms with Crippen LogP contribution in [0.3, 0.4) is 0 Å². The number of hydrogen-bond acceptors (Lipinski definition) is 5. The normalized spacial score (nSPS) is 9.40. The second-order valence-electron chi connectivity index (χ2n) is 3.29. The Morgan fingerprint density at radius 1 is 1.10 bits per heavy atom. The second-order valence-corrected chi connectivity index (χ2v) is 4.13. The molecule has 9 heteroatoms. The number of nitrogens with one attached hydrogen (secondary N) is 2. The number of aliphatic imine (C=N–C) groups is 1. The molecule has 0 atom stereocenters. The van der Waals surface area contributed by atoms with Crippen molar-refractivity contribution >= 4 is 47.0 Å². The van der Waals surface area contributed by atoms with Crippen LogP contribution in [0.2, 0.25) is 10.0 Å². The van der Waals surface area contributed by atoms with Crippen LogP contribution < -0.4 is 10.6 Å². The van der Waals surface area contributed by atoms with Gasteiger partial charge in [0.15, 0.2) is 0 Å². The van der Waals surface area contributed by atoms with Crippen molar-refractivity contribution in [1.82, 2.24) is 10.6 Å². The van der Waals surface area contributed by atoms with E-state index in [0.717, 1.165) is 0 Å². The minimum Gasteiger partial charge on any atom is -0.453 e. The number of ether oxygens (including phenoxy) is 2. The van der Waals surface area contributed by atoms with Gasteiger partial charge in [-0.15, -0.1) is 0 Å². The van der Waals surface area contributed by atoms with Gasteiger partial charge in [-0.05, 0) is 18.2 Å². The number of methoxy groups -OCH3 is 2. The number of alkyl carbamates (subject to hydrolysis) is 2. The molecule has 0 aliphatic rings. The van der Waals surface area contributed by atoms with Crippen LogP contribution in [0.15, 0.2) is 23.2 Å². The van der Waals surface area contributed by atoms with Crippen LogP contribution in [0.5, 0.6) is 0 Å². The van der Waals surface area contributed by atoms with Crippen molar-refractivity contribution < 1.29 is 19.1 Å². The van der Waals surface area contributed by atoms with Crippen LogP contribution >= 0.6 is 23.2 Å². The van der Waals surface area contributed by atoms with Gasteiger partial charge in [-0.3, -0.25) is 10.6 Å². The van der Waals surface area contributed by atoms with Gasteiger partial charge in [0.05, 0.1) is 24.9 Å². The Morgan fingerprint density at radius 3 is 2.10 bits per heavy atom. The summed E-state index contributed by atoms with van der Waals surface area (Å²) in [6.07, 6.45) is -1.63. The Kier molecular flexibility index (Phi) is 6.08. The van der Waals surface area contributed by atoms with E-state index in [1.54, 1.807) is 6.07 Å². The Hall–Kier alpha value is -1.99. The molecule has 0 heterocycles. The van der Waals surface area contributed by atoms with Gasteiger partial charge in [0.25, 0.3) is 0 Å². The van der Waals surface area contributed by atoms with Crippen LogP contribution in [0.4, 0.5) is 15.3 Å². The van der Waals surface area contributed by atoms with Crippen LogP contribution in [0, 0.1) is 0 Å². The van der Waals surface area contributed by atoms with Gasteiger partial charge in [0, 0.05) is 5.02 Å². The smallest absolute Gasteiger partial charge is 0.413 e. The van der Waals surface area contributed by atoms with E-state index < -0.39 is 12.2 Å². The highest BCUT2D eigenvalue weighted by molar-refractivity contribution is 6.36. The molecule has 7 nitrogen and oxygen atoms in total. The molecule has 2 amide bonds. The molecule has 0 spiro atoms. The number of rotatable bonds is 1. The molecule has 20 heavy (non-hydrogen) atoms. The Balaban J connectivity index is 3.03. The van der Waals surface area contributed by atoms with Gasteiger partial charge in [-0.1, -0.05) is 23.2 Å². The molecule has 0 saturated carbocycles. The standard InChI is InChI=1S/C11H11Cl2N3O4/c1-19-10(17)15-9(16-11(18)20-2)14-8-4-3-6(12)5-7(8)13/h3-5H,1-2H3,(H2,14,15,16,17,18).